The van der Waals surface area contributed by atoms with Gasteiger partial charge in [-0.2, -0.15) is 0 Å². The van der Waals surface area contributed by atoms with Crippen LogP contribution >= 0.6 is 39.9 Å². The van der Waals surface area contributed by atoms with Crippen molar-refractivity contribution in [3.63, 3.8) is 0 Å². The van der Waals surface area contributed by atoms with E-state index in [0.717, 1.165) is 32.1 Å². The summed E-state index contributed by atoms with van der Waals surface area (Å²) in [5, 5.41) is 4.78. The zero-order chi connectivity index (χ0) is 18.8. The Morgan fingerprint density at radius 3 is 2.63 bits per heavy atom. The molecule has 0 saturated carbocycles. The zero-order valence-electron chi connectivity index (χ0n) is 14.1. The number of amides is 1. The number of thioether (sulfide) groups is 1. The zero-order valence-corrected chi connectivity index (χ0v) is 17.3. The Bertz CT molecular complexity index is 1090. The number of nitrogens with one attached hydrogen (secondary N) is 1. The molecule has 3 nitrogen and oxygen atoms in total. The second kappa shape index (κ2) is 7.84. The molecule has 1 heterocycles. The highest BCUT2D eigenvalue weighted by Crippen LogP contribution is 2.34. The first kappa shape index (κ1) is 18.2. The van der Waals surface area contributed by atoms with Crippen molar-refractivity contribution in [2.24, 2.45) is 0 Å². The molecule has 4 rings (SSSR count). The molecule has 1 aliphatic rings. The van der Waals surface area contributed by atoms with Crippen molar-refractivity contribution in [3.8, 4) is 5.75 Å². The molecule has 0 unspecified atom stereocenters. The summed E-state index contributed by atoms with van der Waals surface area (Å²) >= 11 is 9.92. The number of hydrogen-bond donors (Lipinski definition) is 1. The van der Waals surface area contributed by atoms with Gasteiger partial charge in [0.2, 0.25) is 0 Å². The fraction of sp³-hybridized carbons (Fsp3) is 0.0476. The smallest absolute Gasteiger partial charge is 0.263 e. The molecule has 0 bridgehead atoms. The Kier molecular flexibility index (Phi) is 5.29. The molecular formula is C21H14BrNO2S2. The topological polar surface area (TPSA) is 38.3 Å². The Balaban J connectivity index is 1.76. The lowest BCUT2D eigenvalue weighted by Crippen LogP contribution is -2.17. The summed E-state index contributed by atoms with van der Waals surface area (Å²) in [7, 11) is 0. The van der Waals surface area contributed by atoms with Crippen LogP contribution in [0.25, 0.3) is 16.8 Å². The van der Waals surface area contributed by atoms with E-state index in [1.807, 2.05) is 66.7 Å². The molecule has 0 aliphatic carbocycles. The standard InChI is InChI=1S/C21H14BrNO2S2/c22-17-8-4-2-6-14(17)12-25-18-10-9-13-5-1-3-7-15(13)16(18)11-19-20(24)23-21(26)27-19/h1-11H,12H2,(H,23,24,26). The van der Waals surface area contributed by atoms with Crippen LogP contribution in [-0.2, 0) is 11.4 Å². The van der Waals surface area contributed by atoms with Crippen LogP contribution in [-0.4, -0.2) is 10.2 Å². The van der Waals surface area contributed by atoms with E-state index in [1.165, 1.54) is 11.8 Å². The van der Waals surface area contributed by atoms with Crippen molar-refractivity contribution in [1.29, 1.82) is 0 Å². The summed E-state index contributed by atoms with van der Waals surface area (Å²) in [5.74, 6) is 0.554. The van der Waals surface area contributed by atoms with Gasteiger partial charge in [0.05, 0.1) is 4.91 Å². The normalized spacial score (nSPS) is 15.4. The summed E-state index contributed by atoms with van der Waals surface area (Å²) in [4.78, 5) is 12.7. The highest BCUT2D eigenvalue weighted by molar-refractivity contribution is 9.10. The van der Waals surface area contributed by atoms with E-state index in [-0.39, 0.29) is 5.91 Å². The van der Waals surface area contributed by atoms with Crippen LogP contribution in [0, 0.1) is 0 Å². The van der Waals surface area contributed by atoms with Crippen LogP contribution in [0.5, 0.6) is 5.75 Å². The molecule has 0 radical (unpaired) electrons. The Hall–Kier alpha value is -2.15. The molecule has 27 heavy (non-hydrogen) atoms. The van der Waals surface area contributed by atoms with E-state index in [1.54, 1.807) is 0 Å². The first-order valence-corrected chi connectivity index (χ1v) is 10.3. The van der Waals surface area contributed by atoms with Crippen LogP contribution in [0.15, 0.2) is 70.0 Å². The number of carbonyl (C=O) groups excluding carboxylic acids is 1. The van der Waals surface area contributed by atoms with Crippen LogP contribution in [0.2, 0.25) is 0 Å². The highest BCUT2D eigenvalue weighted by atomic mass is 79.9. The van der Waals surface area contributed by atoms with Crippen molar-refractivity contribution in [2.75, 3.05) is 0 Å². The van der Waals surface area contributed by atoms with Gasteiger partial charge in [0.1, 0.15) is 16.7 Å². The summed E-state index contributed by atoms with van der Waals surface area (Å²) in [6.07, 6.45) is 1.86. The van der Waals surface area contributed by atoms with Crippen molar-refractivity contribution in [3.05, 3.63) is 81.2 Å². The predicted octanol–water partition coefficient (Wildman–Crippen LogP) is 5.67. The quantitative estimate of drug-likeness (QED) is 0.406. The molecule has 0 spiro atoms. The molecule has 1 amide bonds. The van der Waals surface area contributed by atoms with Gasteiger partial charge >= 0.3 is 0 Å². The molecular weight excluding hydrogens is 442 g/mol. The molecule has 0 aromatic heterocycles. The number of thiocarbonyl (C=S) groups is 1. The lowest BCUT2D eigenvalue weighted by atomic mass is 10.0. The number of fused-ring (bicyclic) bond motifs is 1. The van der Waals surface area contributed by atoms with E-state index in [0.29, 0.717) is 15.8 Å². The third kappa shape index (κ3) is 3.93. The summed E-state index contributed by atoms with van der Waals surface area (Å²) < 4.78 is 7.61. The Labute approximate surface area is 174 Å². The van der Waals surface area contributed by atoms with Crippen molar-refractivity contribution in [1.82, 2.24) is 5.32 Å². The van der Waals surface area contributed by atoms with E-state index >= 15 is 0 Å². The van der Waals surface area contributed by atoms with Gasteiger partial charge in [0.15, 0.2) is 0 Å². The van der Waals surface area contributed by atoms with Crippen molar-refractivity contribution >= 4 is 67.0 Å². The molecule has 6 heteroatoms. The van der Waals surface area contributed by atoms with E-state index in [4.69, 9.17) is 17.0 Å². The van der Waals surface area contributed by atoms with Crippen LogP contribution in [0.3, 0.4) is 0 Å². The second-order valence-corrected chi connectivity index (χ2v) is 8.50. The summed E-state index contributed by atoms with van der Waals surface area (Å²) in [5.41, 5.74) is 1.93. The Morgan fingerprint density at radius 1 is 1.07 bits per heavy atom. The van der Waals surface area contributed by atoms with Gasteiger partial charge in [0.25, 0.3) is 5.91 Å². The lowest BCUT2D eigenvalue weighted by Gasteiger charge is -2.13. The number of rotatable bonds is 4. The van der Waals surface area contributed by atoms with Crippen LogP contribution in [0.1, 0.15) is 11.1 Å². The van der Waals surface area contributed by atoms with Gasteiger partial charge in [-0.3, -0.25) is 4.79 Å². The maximum atomic E-state index is 12.1. The number of ether oxygens (including phenoxy) is 1. The molecule has 0 atom stereocenters. The predicted molar refractivity (Wildman–Crippen MR) is 119 cm³/mol. The fourth-order valence-electron chi connectivity index (χ4n) is 2.87. The van der Waals surface area contributed by atoms with E-state index in [2.05, 4.69) is 21.2 Å². The third-order valence-corrected chi connectivity index (χ3v) is 6.13. The summed E-state index contributed by atoms with van der Waals surface area (Å²) in [6, 6.07) is 20.0. The third-order valence-electron chi connectivity index (χ3n) is 4.19. The molecule has 3 aromatic carbocycles. The number of carbonyl (C=O) groups is 1. The van der Waals surface area contributed by atoms with E-state index in [9.17, 15) is 4.79 Å². The van der Waals surface area contributed by atoms with Crippen molar-refractivity contribution in [2.45, 2.75) is 6.61 Å². The maximum Gasteiger partial charge on any atom is 0.263 e. The molecule has 1 fully saturated rings. The average molecular weight is 456 g/mol. The minimum Gasteiger partial charge on any atom is -0.488 e. The lowest BCUT2D eigenvalue weighted by molar-refractivity contribution is -0.115. The van der Waals surface area contributed by atoms with Crippen LogP contribution in [0.4, 0.5) is 0 Å². The van der Waals surface area contributed by atoms with Gasteiger partial charge in [-0.25, -0.2) is 0 Å². The molecule has 1 N–H and O–H groups in total. The first-order valence-electron chi connectivity index (χ1n) is 8.24. The fourth-order valence-corrected chi connectivity index (χ4v) is 4.30. The molecule has 134 valence electrons. The van der Waals surface area contributed by atoms with Crippen LogP contribution < -0.4 is 10.1 Å². The second-order valence-electron chi connectivity index (χ2n) is 5.93. The van der Waals surface area contributed by atoms with Gasteiger partial charge in [-0.15, -0.1) is 0 Å². The monoisotopic (exact) mass is 455 g/mol. The molecule has 1 saturated heterocycles. The average Bonchev–Trinajstić information content (AvgIpc) is 2.99. The van der Waals surface area contributed by atoms with Crippen molar-refractivity contribution < 1.29 is 9.53 Å². The van der Waals surface area contributed by atoms with E-state index < -0.39 is 0 Å². The Morgan fingerprint density at radius 2 is 1.85 bits per heavy atom. The number of benzene rings is 3. The SMILES string of the molecule is O=C1NC(=S)SC1=Cc1c(OCc2ccccc2Br)ccc2ccccc12. The first-order chi connectivity index (χ1) is 13.1. The van der Waals surface area contributed by atoms with Gasteiger partial charge in [0, 0.05) is 15.6 Å². The number of hydrogen-bond acceptors (Lipinski definition) is 4. The largest absolute Gasteiger partial charge is 0.488 e. The number of halogens is 1. The van der Waals surface area contributed by atoms with Gasteiger partial charge in [-0.05, 0) is 29.0 Å². The molecule has 1 aliphatic heterocycles. The van der Waals surface area contributed by atoms with Gasteiger partial charge in [-0.1, -0.05) is 88.4 Å². The summed E-state index contributed by atoms with van der Waals surface area (Å²) in [6.45, 7) is 0.424. The highest BCUT2D eigenvalue weighted by Gasteiger charge is 2.23. The minimum absolute atomic E-state index is 0.172. The molecule has 3 aromatic rings. The minimum atomic E-state index is -0.172. The van der Waals surface area contributed by atoms with Gasteiger partial charge < -0.3 is 10.1 Å². The maximum absolute atomic E-state index is 12.1.